The van der Waals surface area contributed by atoms with E-state index in [1.54, 1.807) is 19.3 Å². The van der Waals surface area contributed by atoms with Crippen molar-refractivity contribution >= 4 is 44.2 Å². The van der Waals surface area contributed by atoms with Gasteiger partial charge in [-0.15, -0.1) is 5.10 Å². The normalized spacial score (nSPS) is 10.0. The predicted octanol–water partition coefficient (Wildman–Crippen LogP) is 1.99. The summed E-state index contributed by atoms with van der Waals surface area (Å²) in [6.07, 6.45) is 3.11. The third-order valence-electron chi connectivity index (χ3n) is 1.93. The number of hydrogen-bond donors (Lipinski definition) is 2. The number of carbonyl (C=O) groups is 1. The molecular weight excluding hydrogens is 306 g/mol. The summed E-state index contributed by atoms with van der Waals surface area (Å²) < 4.78 is 4.41. The van der Waals surface area contributed by atoms with Gasteiger partial charge in [-0.2, -0.15) is 0 Å². The number of anilines is 2. The zero-order valence-electron chi connectivity index (χ0n) is 8.77. The Bertz CT molecular complexity index is 530. The summed E-state index contributed by atoms with van der Waals surface area (Å²) in [6.45, 7) is 0. The average molecular weight is 314 g/mol. The van der Waals surface area contributed by atoms with E-state index in [0.717, 1.165) is 16.0 Å². The minimum atomic E-state index is -0.255. The Morgan fingerprint density at radius 2 is 2.29 bits per heavy atom. The van der Waals surface area contributed by atoms with Crippen molar-refractivity contribution in [1.29, 1.82) is 0 Å². The van der Waals surface area contributed by atoms with Crippen molar-refractivity contribution in [3.05, 3.63) is 28.5 Å². The van der Waals surface area contributed by atoms with E-state index in [1.807, 2.05) is 0 Å². The summed E-state index contributed by atoms with van der Waals surface area (Å²) in [5, 5.41) is 9.79. The van der Waals surface area contributed by atoms with Crippen LogP contribution in [0.15, 0.2) is 22.9 Å². The largest absolute Gasteiger partial charge is 0.372 e. The van der Waals surface area contributed by atoms with Gasteiger partial charge in [0.25, 0.3) is 5.91 Å². The fourth-order valence-electron chi connectivity index (χ4n) is 1.21. The van der Waals surface area contributed by atoms with Gasteiger partial charge in [0, 0.05) is 29.2 Å². The van der Waals surface area contributed by atoms with Crippen LogP contribution in [-0.2, 0) is 0 Å². The van der Waals surface area contributed by atoms with Crippen LogP contribution in [0.5, 0.6) is 0 Å². The molecule has 2 N–H and O–H groups in total. The summed E-state index contributed by atoms with van der Waals surface area (Å²) in [5.74, 6) is 0.261. The van der Waals surface area contributed by atoms with Gasteiger partial charge in [-0.05, 0) is 22.0 Å². The van der Waals surface area contributed by atoms with Crippen molar-refractivity contribution in [3.63, 3.8) is 0 Å². The third kappa shape index (κ3) is 2.77. The second-order valence-corrected chi connectivity index (χ2v) is 4.74. The highest BCUT2D eigenvalue weighted by Gasteiger charge is 2.13. The molecule has 0 spiro atoms. The first kappa shape index (κ1) is 11.9. The van der Waals surface area contributed by atoms with Crippen LogP contribution in [-0.4, -0.2) is 27.5 Å². The molecule has 0 saturated carbocycles. The molecule has 8 heteroatoms. The van der Waals surface area contributed by atoms with Crippen molar-refractivity contribution in [2.75, 3.05) is 17.7 Å². The van der Waals surface area contributed by atoms with Crippen LogP contribution in [0.1, 0.15) is 10.4 Å². The number of pyridine rings is 1. The average Bonchev–Trinajstić information content (AvgIpc) is 2.81. The predicted molar refractivity (Wildman–Crippen MR) is 69.3 cm³/mol. The van der Waals surface area contributed by atoms with Crippen LogP contribution in [0.3, 0.4) is 0 Å². The molecule has 0 aliphatic carbocycles. The SMILES string of the molecule is CNc1ncc(Br)cc1C(=O)Nc1cnns1. The minimum absolute atomic E-state index is 0.255. The Morgan fingerprint density at radius 1 is 1.47 bits per heavy atom. The Balaban J connectivity index is 2.26. The lowest BCUT2D eigenvalue weighted by atomic mass is 10.2. The molecule has 6 nitrogen and oxygen atoms in total. The van der Waals surface area contributed by atoms with E-state index in [1.165, 1.54) is 6.20 Å². The Hall–Kier alpha value is -1.54. The summed E-state index contributed by atoms with van der Waals surface area (Å²) in [5.41, 5.74) is 0.454. The lowest BCUT2D eigenvalue weighted by Gasteiger charge is -2.07. The van der Waals surface area contributed by atoms with Gasteiger partial charge in [0.15, 0.2) is 0 Å². The standard InChI is InChI=1S/C9H8BrN5OS/c1-11-8-6(2-5(10)3-12-8)9(16)14-7-4-13-15-17-7/h2-4H,1H3,(H,11,12)(H,14,16). The Kier molecular flexibility index (Phi) is 3.64. The smallest absolute Gasteiger partial charge is 0.260 e. The second kappa shape index (κ2) is 5.19. The molecule has 0 unspecified atom stereocenters. The third-order valence-corrected chi connectivity index (χ3v) is 2.95. The van der Waals surface area contributed by atoms with Crippen LogP contribution in [0.25, 0.3) is 0 Å². The monoisotopic (exact) mass is 313 g/mol. The Labute approximate surface area is 110 Å². The molecule has 0 bridgehead atoms. The van der Waals surface area contributed by atoms with E-state index in [9.17, 15) is 4.79 Å². The number of amides is 1. The maximum atomic E-state index is 12.0. The van der Waals surface area contributed by atoms with Crippen LogP contribution in [0.4, 0.5) is 10.8 Å². The van der Waals surface area contributed by atoms with Crippen LogP contribution < -0.4 is 10.6 Å². The molecule has 2 rings (SSSR count). The van der Waals surface area contributed by atoms with Gasteiger partial charge in [0.05, 0.1) is 11.8 Å². The molecule has 0 radical (unpaired) electrons. The zero-order chi connectivity index (χ0) is 12.3. The van der Waals surface area contributed by atoms with Crippen molar-refractivity contribution in [2.24, 2.45) is 0 Å². The van der Waals surface area contributed by atoms with E-state index in [0.29, 0.717) is 16.4 Å². The fraction of sp³-hybridized carbons (Fsp3) is 0.111. The highest BCUT2D eigenvalue weighted by atomic mass is 79.9. The van der Waals surface area contributed by atoms with Gasteiger partial charge >= 0.3 is 0 Å². The summed E-state index contributed by atoms with van der Waals surface area (Å²) in [4.78, 5) is 16.1. The minimum Gasteiger partial charge on any atom is -0.372 e. The number of nitrogens with zero attached hydrogens (tertiary/aromatic N) is 3. The van der Waals surface area contributed by atoms with Crippen molar-refractivity contribution in [3.8, 4) is 0 Å². The van der Waals surface area contributed by atoms with Gasteiger partial charge in [-0.1, -0.05) is 4.49 Å². The van der Waals surface area contributed by atoms with Crippen LogP contribution in [0.2, 0.25) is 0 Å². The molecule has 2 aromatic heterocycles. The van der Waals surface area contributed by atoms with Gasteiger partial charge < -0.3 is 10.6 Å². The maximum absolute atomic E-state index is 12.0. The summed E-state index contributed by atoms with van der Waals surface area (Å²) in [7, 11) is 1.71. The summed E-state index contributed by atoms with van der Waals surface area (Å²) in [6, 6.07) is 1.70. The molecule has 2 heterocycles. The molecule has 0 fully saturated rings. The first-order chi connectivity index (χ1) is 8.20. The van der Waals surface area contributed by atoms with Gasteiger partial charge in [-0.3, -0.25) is 4.79 Å². The number of halogens is 1. The van der Waals surface area contributed by atoms with Gasteiger partial charge in [0.2, 0.25) is 0 Å². The molecule has 0 saturated heterocycles. The lowest BCUT2D eigenvalue weighted by molar-refractivity contribution is 0.102. The molecule has 0 aliphatic rings. The van der Waals surface area contributed by atoms with Gasteiger partial charge in [-0.25, -0.2) is 4.98 Å². The second-order valence-electron chi connectivity index (χ2n) is 3.04. The van der Waals surface area contributed by atoms with Crippen molar-refractivity contribution < 1.29 is 4.79 Å². The quantitative estimate of drug-likeness (QED) is 0.906. The molecule has 1 amide bonds. The molecule has 2 aromatic rings. The summed E-state index contributed by atoms with van der Waals surface area (Å²) >= 11 is 4.40. The lowest BCUT2D eigenvalue weighted by Crippen LogP contribution is -2.14. The van der Waals surface area contributed by atoms with Gasteiger partial charge in [0.1, 0.15) is 10.8 Å². The number of rotatable bonds is 3. The van der Waals surface area contributed by atoms with E-state index in [4.69, 9.17) is 0 Å². The fourth-order valence-corrected chi connectivity index (χ4v) is 1.96. The number of hydrogen-bond acceptors (Lipinski definition) is 6. The van der Waals surface area contributed by atoms with E-state index >= 15 is 0 Å². The molecule has 0 atom stereocenters. The number of aromatic nitrogens is 3. The first-order valence-electron chi connectivity index (χ1n) is 4.62. The van der Waals surface area contributed by atoms with E-state index < -0.39 is 0 Å². The van der Waals surface area contributed by atoms with E-state index in [2.05, 4.69) is 41.1 Å². The number of nitrogens with one attached hydrogen (secondary N) is 2. The molecule has 0 aromatic carbocycles. The maximum Gasteiger partial charge on any atom is 0.260 e. The van der Waals surface area contributed by atoms with Crippen LogP contribution in [0, 0.1) is 0 Å². The van der Waals surface area contributed by atoms with E-state index in [-0.39, 0.29) is 5.91 Å². The van der Waals surface area contributed by atoms with Crippen molar-refractivity contribution in [2.45, 2.75) is 0 Å². The van der Waals surface area contributed by atoms with Crippen molar-refractivity contribution in [1.82, 2.24) is 14.6 Å². The molecule has 0 aliphatic heterocycles. The molecule has 88 valence electrons. The van der Waals surface area contributed by atoms with Crippen LogP contribution >= 0.6 is 27.5 Å². The topological polar surface area (TPSA) is 79.8 Å². The highest BCUT2D eigenvalue weighted by Crippen LogP contribution is 2.19. The highest BCUT2D eigenvalue weighted by molar-refractivity contribution is 9.10. The molecule has 17 heavy (non-hydrogen) atoms. The first-order valence-corrected chi connectivity index (χ1v) is 6.19. The zero-order valence-corrected chi connectivity index (χ0v) is 11.2. The molecular formula is C9H8BrN5OS. The number of carbonyl (C=O) groups excluding carboxylic acids is 1. The Morgan fingerprint density at radius 3 is 2.94 bits per heavy atom.